The van der Waals surface area contributed by atoms with Gasteiger partial charge in [-0.05, 0) is 11.1 Å². The third kappa shape index (κ3) is 1.70. The fourth-order valence-corrected chi connectivity index (χ4v) is 2.24. The van der Waals surface area contributed by atoms with Gasteiger partial charge in [0.1, 0.15) is 0 Å². The van der Waals surface area contributed by atoms with Crippen LogP contribution in [-0.2, 0) is 0 Å². The molecule has 0 amide bonds. The van der Waals surface area contributed by atoms with Crippen molar-refractivity contribution in [3.8, 4) is 0 Å². The zero-order chi connectivity index (χ0) is 11.7. The topological polar surface area (TPSA) is 17.1 Å². The highest BCUT2D eigenvalue weighted by Crippen LogP contribution is 2.29. The van der Waals surface area contributed by atoms with Crippen molar-refractivity contribution < 1.29 is 4.79 Å². The van der Waals surface area contributed by atoms with Gasteiger partial charge in [0.05, 0.1) is 5.92 Å². The number of ketones is 1. The summed E-state index contributed by atoms with van der Waals surface area (Å²) in [6.07, 6.45) is 4.02. The Balaban J connectivity index is 2.06. The smallest absolute Gasteiger partial charge is 0.174 e. The van der Waals surface area contributed by atoms with Crippen LogP contribution in [0.5, 0.6) is 0 Å². The standard InChI is InChI=1S/C16H12O/c17-16-14-9-5-4-8-13(14)10-11-15(16)12-6-2-1-3-7-12/h1-11,15H. The Hall–Kier alpha value is -2.15. The van der Waals surface area contributed by atoms with E-state index in [0.29, 0.717) is 0 Å². The number of fused-ring (bicyclic) bond motifs is 1. The Kier molecular flexibility index (Phi) is 2.37. The summed E-state index contributed by atoms with van der Waals surface area (Å²) in [5.41, 5.74) is 2.90. The summed E-state index contributed by atoms with van der Waals surface area (Å²) in [4.78, 5) is 12.4. The van der Waals surface area contributed by atoms with Crippen molar-refractivity contribution in [2.45, 2.75) is 5.92 Å². The van der Waals surface area contributed by atoms with Crippen molar-refractivity contribution >= 4 is 11.9 Å². The molecule has 2 aromatic rings. The molecule has 0 radical (unpaired) electrons. The monoisotopic (exact) mass is 220 g/mol. The molecule has 0 saturated carbocycles. The van der Waals surface area contributed by atoms with Gasteiger partial charge in [-0.3, -0.25) is 4.79 Å². The molecular weight excluding hydrogens is 208 g/mol. The highest BCUT2D eigenvalue weighted by Gasteiger charge is 2.23. The molecule has 2 aromatic carbocycles. The molecule has 1 atom stereocenters. The third-order valence-corrected chi connectivity index (χ3v) is 3.14. The molecule has 0 aromatic heterocycles. The Morgan fingerprint density at radius 1 is 0.824 bits per heavy atom. The zero-order valence-electron chi connectivity index (χ0n) is 9.34. The zero-order valence-corrected chi connectivity index (χ0v) is 9.34. The maximum atomic E-state index is 12.4. The molecule has 17 heavy (non-hydrogen) atoms. The molecule has 82 valence electrons. The van der Waals surface area contributed by atoms with Crippen molar-refractivity contribution in [3.05, 3.63) is 77.4 Å². The van der Waals surface area contributed by atoms with E-state index < -0.39 is 0 Å². The van der Waals surface area contributed by atoms with Crippen molar-refractivity contribution in [1.29, 1.82) is 0 Å². The number of rotatable bonds is 1. The van der Waals surface area contributed by atoms with E-state index in [1.54, 1.807) is 0 Å². The molecule has 1 aliphatic carbocycles. The predicted octanol–water partition coefficient (Wildman–Crippen LogP) is 3.68. The Labute approximate surface area is 100 Å². The average molecular weight is 220 g/mol. The summed E-state index contributed by atoms with van der Waals surface area (Å²) in [7, 11) is 0. The van der Waals surface area contributed by atoms with E-state index in [1.165, 1.54) is 0 Å². The number of carbonyl (C=O) groups is 1. The minimum atomic E-state index is -0.133. The number of carbonyl (C=O) groups excluding carboxylic acids is 1. The summed E-state index contributed by atoms with van der Waals surface area (Å²) < 4.78 is 0. The summed E-state index contributed by atoms with van der Waals surface area (Å²) in [6, 6.07) is 17.7. The number of allylic oxidation sites excluding steroid dienone is 1. The van der Waals surface area contributed by atoms with E-state index in [-0.39, 0.29) is 11.7 Å². The molecule has 1 unspecified atom stereocenters. The van der Waals surface area contributed by atoms with Crippen LogP contribution in [0.2, 0.25) is 0 Å². The lowest BCUT2D eigenvalue weighted by Gasteiger charge is -2.18. The maximum absolute atomic E-state index is 12.4. The van der Waals surface area contributed by atoms with E-state index >= 15 is 0 Å². The highest BCUT2D eigenvalue weighted by atomic mass is 16.1. The summed E-state index contributed by atoms with van der Waals surface area (Å²) in [5.74, 6) is 0.0559. The van der Waals surface area contributed by atoms with Crippen LogP contribution in [0.3, 0.4) is 0 Å². The van der Waals surface area contributed by atoms with Crippen LogP contribution in [0.15, 0.2) is 60.7 Å². The van der Waals surface area contributed by atoms with Crippen LogP contribution in [0, 0.1) is 0 Å². The molecule has 1 heteroatoms. The van der Waals surface area contributed by atoms with Gasteiger partial charge in [-0.15, -0.1) is 0 Å². The molecule has 0 spiro atoms. The molecule has 0 fully saturated rings. The first-order valence-electron chi connectivity index (χ1n) is 5.72. The normalized spacial score (nSPS) is 17.9. The number of hydrogen-bond acceptors (Lipinski definition) is 1. The Morgan fingerprint density at radius 3 is 2.35 bits per heavy atom. The second kappa shape index (κ2) is 4.02. The quantitative estimate of drug-likeness (QED) is 0.716. The van der Waals surface area contributed by atoms with Crippen molar-refractivity contribution in [3.63, 3.8) is 0 Å². The summed E-state index contributed by atoms with van der Waals surface area (Å²) in [5, 5.41) is 0. The van der Waals surface area contributed by atoms with Crippen molar-refractivity contribution in [2.75, 3.05) is 0 Å². The summed E-state index contributed by atoms with van der Waals surface area (Å²) in [6.45, 7) is 0. The minimum Gasteiger partial charge on any atom is -0.293 e. The van der Waals surface area contributed by atoms with Crippen LogP contribution in [0.25, 0.3) is 6.08 Å². The van der Waals surface area contributed by atoms with Gasteiger partial charge in [0.25, 0.3) is 0 Å². The molecule has 0 bridgehead atoms. The SMILES string of the molecule is O=C1c2ccccc2C=CC1c1ccccc1. The minimum absolute atomic E-state index is 0.133. The third-order valence-electron chi connectivity index (χ3n) is 3.14. The molecule has 0 heterocycles. The molecule has 1 aliphatic rings. The van der Waals surface area contributed by atoms with Crippen LogP contribution >= 0.6 is 0 Å². The molecule has 0 N–H and O–H groups in total. The fourth-order valence-electron chi connectivity index (χ4n) is 2.24. The largest absolute Gasteiger partial charge is 0.293 e. The maximum Gasteiger partial charge on any atom is 0.174 e. The lowest BCUT2D eigenvalue weighted by Crippen LogP contribution is -2.15. The van der Waals surface area contributed by atoms with Crippen LogP contribution < -0.4 is 0 Å². The fraction of sp³-hybridized carbons (Fsp3) is 0.0625. The second-order valence-corrected chi connectivity index (χ2v) is 4.20. The van der Waals surface area contributed by atoms with Crippen LogP contribution in [0.4, 0.5) is 0 Å². The van der Waals surface area contributed by atoms with Crippen molar-refractivity contribution in [1.82, 2.24) is 0 Å². The van der Waals surface area contributed by atoms with E-state index in [9.17, 15) is 4.79 Å². The summed E-state index contributed by atoms with van der Waals surface area (Å²) >= 11 is 0. The molecule has 0 saturated heterocycles. The van der Waals surface area contributed by atoms with Gasteiger partial charge < -0.3 is 0 Å². The first kappa shape index (κ1) is 10.0. The lowest BCUT2D eigenvalue weighted by molar-refractivity contribution is 0.0975. The number of benzene rings is 2. The molecule has 3 rings (SSSR count). The van der Waals surface area contributed by atoms with Crippen LogP contribution in [0.1, 0.15) is 27.4 Å². The van der Waals surface area contributed by atoms with E-state index in [0.717, 1.165) is 16.7 Å². The number of Topliss-reactive ketones (excluding diaryl/α,β-unsaturated/α-hetero) is 1. The van der Waals surface area contributed by atoms with Gasteiger partial charge in [-0.2, -0.15) is 0 Å². The predicted molar refractivity (Wildman–Crippen MR) is 69.0 cm³/mol. The van der Waals surface area contributed by atoms with E-state index in [1.807, 2.05) is 66.7 Å². The Morgan fingerprint density at radius 2 is 1.53 bits per heavy atom. The second-order valence-electron chi connectivity index (χ2n) is 4.20. The van der Waals surface area contributed by atoms with E-state index in [2.05, 4.69) is 0 Å². The highest BCUT2D eigenvalue weighted by molar-refractivity contribution is 6.07. The molecular formula is C16H12O. The van der Waals surface area contributed by atoms with Gasteiger partial charge >= 0.3 is 0 Å². The first-order chi connectivity index (χ1) is 8.36. The van der Waals surface area contributed by atoms with Gasteiger partial charge in [0, 0.05) is 5.56 Å². The van der Waals surface area contributed by atoms with Gasteiger partial charge in [0.2, 0.25) is 0 Å². The van der Waals surface area contributed by atoms with E-state index in [4.69, 9.17) is 0 Å². The van der Waals surface area contributed by atoms with Gasteiger partial charge in [0.15, 0.2) is 5.78 Å². The molecule has 1 nitrogen and oxygen atoms in total. The van der Waals surface area contributed by atoms with Crippen molar-refractivity contribution in [2.24, 2.45) is 0 Å². The van der Waals surface area contributed by atoms with Gasteiger partial charge in [-0.25, -0.2) is 0 Å². The lowest BCUT2D eigenvalue weighted by atomic mass is 9.84. The first-order valence-corrected chi connectivity index (χ1v) is 5.72. The number of hydrogen-bond donors (Lipinski definition) is 0. The average Bonchev–Trinajstić information content (AvgIpc) is 2.40. The Bertz CT molecular complexity index is 581. The van der Waals surface area contributed by atoms with Gasteiger partial charge in [-0.1, -0.05) is 66.7 Å². The molecule has 0 aliphatic heterocycles. The van der Waals surface area contributed by atoms with Crippen LogP contribution in [-0.4, -0.2) is 5.78 Å².